The number of nitrogens with two attached hydrogens (primary N) is 1. The zero-order valence-electron chi connectivity index (χ0n) is 10.9. The molecule has 0 radical (unpaired) electrons. The molecule has 3 N–H and O–H groups in total. The first-order valence-electron chi connectivity index (χ1n) is 6.24. The molecule has 0 bridgehead atoms. The Hall–Kier alpha value is -1.14. The van der Waals surface area contributed by atoms with Crippen LogP contribution in [0.1, 0.15) is 24.1 Å². The molecule has 1 aromatic rings. The highest BCUT2D eigenvalue weighted by molar-refractivity contribution is 7.80. The minimum Gasteiger partial charge on any atom is -0.389 e. The zero-order valence-corrected chi connectivity index (χ0v) is 11.7. The Labute approximate surface area is 113 Å². The molecule has 1 heterocycles. The van der Waals surface area contributed by atoms with Gasteiger partial charge in [0.05, 0.1) is 17.9 Å². The summed E-state index contributed by atoms with van der Waals surface area (Å²) in [4.78, 5) is 0.377. The molecule has 2 rings (SSSR count). The van der Waals surface area contributed by atoms with Crippen molar-refractivity contribution in [3.8, 4) is 0 Å². The molecular formula is C12H20N4OS. The summed E-state index contributed by atoms with van der Waals surface area (Å²) in [6.07, 6.45) is 2.64. The largest absolute Gasteiger partial charge is 0.389 e. The van der Waals surface area contributed by atoms with Crippen molar-refractivity contribution in [2.75, 3.05) is 25.1 Å². The number of aryl methyl sites for hydroxylation is 2. The van der Waals surface area contributed by atoms with Crippen LogP contribution in [0.15, 0.2) is 0 Å². The van der Waals surface area contributed by atoms with Gasteiger partial charge in [-0.3, -0.25) is 4.68 Å². The summed E-state index contributed by atoms with van der Waals surface area (Å²) in [5, 5.41) is 7.60. The second-order valence-corrected chi connectivity index (χ2v) is 5.18. The van der Waals surface area contributed by atoms with Crippen LogP contribution in [0, 0.1) is 12.8 Å². The predicted octanol–water partition coefficient (Wildman–Crippen LogP) is 1.20. The van der Waals surface area contributed by atoms with Crippen molar-refractivity contribution in [2.24, 2.45) is 18.7 Å². The van der Waals surface area contributed by atoms with Crippen molar-refractivity contribution >= 4 is 23.0 Å². The number of thiocarbonyl (C=S) groups is 1. The van der Waals surface area contributed by atoms with Gasteiger partial charge < -0.3 is 15.8 Å². The number of ether oxygens (including phenoxy) is 1. The number of hydrogen-bond acceptors (Lipinski definition) is 4. The van der Waals surface area contributed by atoms with E-state index >= 15 is 0 Å². The summed E-state index contributed by atoms with van der Waals surface area (Å²) in [6, 6.07) is 0. The van der Waals surface area contributed by atoms with E-state index < -0.39 is 0 Å². The fourth-order valence-corrected chi connectivity index (χ4v) is 2.18. The lowest BCUT2D eigenvalue weighted by molar-refractivity contribution is 0.134. The molecule has 1 saturated carbocycles. The van der Waals surface area contributed by atoms with Gasteiger partial charge in [0.2, 0.25) is 0 Å². The average molecular weight is 268 g/mol. The number of anilines is 1. The third-order valence-electron chi connectivity index (χ3n) is 3.06. The van der Waals surface area contributed by atoms with Crippen LogP contribution in [0.2, 0.25) is 0 Å². The van der Waals surface area contributed by atoms with E-state index in [0.29, 0.717) is 11.6 Å². The summed E-state index contributed by atoms with van der Waals surface area (Å²) >= 11 is 5.05. The Morgan fingerprint density at radius 1 is 1.61 bits per heavy atom. The molecule has 0 aromatic carbocycles. The molecule has 0 unspecified atom stereocenters. The number of aromatic nitrogens is 2. The van der Waals surface area contributed by atoms with Crippen LogP contribution in [0.25, 0.3) is 0 Å². The van der Waals surface area contributed by atoms with E-state index in [1.54, 1.807) is 4.68 Å². The van der Waals surface area contributed by atoms with Crippen molar-refractivity contribution in [3.05, 3.63) is 11.3 Å². The molecule has 0 spiro atoms. The lowest BCUT2D eigenvalue weighted by Crippen LogP contribution is -2.17. The SMILES string of the molecule is Cc1nn(C)c(NCCOCC2CC2)c1C(N)=S. The van der Waals surface area contributed by atoms with Gasteiger partial charge in [-0.25, -0.2) is 0 Å². The molecule has 5 nitrogen and oxygen atoms in total. The van der Waals surface area contributed by atoms with Crippen LogP contribution in [0.4, 0.5) is 5.82 Å². The third kappa shape index (κ3) is 3.20. The lowest BCUT2D eigenvalue weighted by Gasteiger charge is -2.09. The van der Waals surface area contributed by atoms with Gasteiger partial charge in [-0.05, 0) is 25.7 Å². The van der Waals surface area contributed by atoms with Gasteiger partial charge in [0.25, 0.3) is 0 Å². The van der Waals surface area contributed by atoms with Crippen molar-refractivity contribution in [2.45, 2.75) is 19.8 Å². The molecule has 18 heavy (non-hydrogen) atoms. The molecule has 6 heteroatoms. The van der Waals surface area contributed by atoms with Crippen LogP contribution in [0.5, 0.6) is 0 Å². The molecule has 0 saturated heterocycles. The standard InChI is InChI=1S/C12H20N4OS/c1-8-10(11(13)18)12(16(2)15-8)14-5-6-17-7-9-3-4-9/h9,14H,3-7H2,1-2H3,(H2,13,18). The second kappa shape index (κ2) is 5.67. The van der Waals surface area contributed by atoms with Gasteiger partial charge in [0.1, 0.15) is 10.8 Å². The lowest BCUT2D eigenvalue weighted by atomic mass is 10.2. The smallest absolute Gasteiger partial charge is 0.134 e. The highest BCUT2D eigenvalue weighted by atomic mass is 32.1. The molecule has 0 amide bonds. The number of rotatable bonds is 7. The fourth-order valence-electron chi connectivity index (χ4n) is 1.93. The summed E-state index contributed by atoms with van der Waals surface area (Å²) in [5.41, 5.74) is 7.40. The Balaban J connectivity index is 1.85. The molecule has 0 atom stereocenters. The average Bonchev–Trinajstić information content (AvgIpc) is 3.05. The Bertz CT molecular complexity index is 440. The zero-order chi connectivity index (χ0) is 13.1. The van der Waals surface area contributed by atoms with Gasteiger partial charge in [0, 0.05) is 20.2 Å². The van der Waals surface area contributed by atoms with E-state index in [2.05, 4.69) is 10.4 Å². The van der Waals surface area contributed by atoms with Crippen molar-refractivity contribution in [3.63, 3.8) is 0 Å². The molecule has 1 aromatic heterocycles. The van der Waals surface area contributed by atoms with Gasteiger partial charge in [0.15, 0.2) is 0 Å². The van der Waals surface area contributed by atoms with Gasteiger partial charge in [-0.15, -0.1) is 0 Å². The minimum atomic E-state index is 0.377. The third-order valence-corrected chi connectivity index (χ3v) is 3.26. The van der Waals surface area contributed by atoms with E-state index in [-0.39, 0.29) is 0 Å². The second-order valence-electron chi connectivity index (χ2n) is 4.74. The molecule has 1 aliphatic carbocycles. The van der Waals surface area contributed by atoms with E-state index in [1.807, 2.05) is 14.0 Å². The van der Waals surface area contributed by atoms with E-state index in [1.165, 1.54) is 12.8 Å². The first kappa shape index (κ1) is 13.3. The van der Waals surface area contributed by atoms with Crippen molar-refractivity contribution in [1.82, 2.24) is 9.78 Å². The van der Waals surface area contributed by atoms with Crippen LogP contribution in [-0.4, -0.2) is 34.5 Å². The van der Waals surface area contributed by atoms with Crippen LogP contribution in [-0.2, 0) is 11.8 Å². The quantitative estimate of drug-likeness (QED) is 0.574. The summed E-state index contributed by atoms with van der Waals surface area (Å²) in [7, 11) is 1.88. The minimum absolute atomic E-state index is 0.377. The normalized spacial score (nSPS) is 14.8. The van der Waals surface area contributed by atoms with E-state index in [9.17, 15) is 0 Å². The Morgan fingerprint density at radius 2 is 2.33 bits per heavy atom. The van der Waals surface area contributed by atoms with Crippen molar-refractivity contribution < 1.29 is 4.74 Å². The highest BCUT2D eigenvalue weighted by Gasteiger charge is 2.21. The Morgan fingerprint density at radius 3 is 2.94 bits per heavy atom. The first-order valence-corrected chi connectivity index (χ1v) is 6.65. The molecule has 1 fully saturated rings. The van der Waals surface area contributed by atoms with Gasteiger partial charge in [-0.1, -0.05) is 12.2 Å². The predicted molar refractivity (Wildman–Crippen MR) is 75.9 cm³/mol. The first-order chi connectivity index (χ1) is 8.59. The monoisotopic (exact) mass is 268 g/mol. The maximum absolute atomic E-state index is 5.71. The summed E-state index contributed by atoms with van der Waals surface area (Å²) in [5.74, 6) is 1.67. The number of nitrogens with one attached hydrogen (secondary N) is 1. The Kier molecular flexibility index (Phi) is 4.19. The number of hydrogen-bond donors (Lipinski definition) is 2. The van der Waals surface area contributed by atoms with Crippen LogP contribution < -0.4 is 11.1 Å². The molecular weight excluding hydrogens is 248 g/mol. The maximum Gasteiger partial charge on any atom is 0.134 e. The van der Waals surface area contributed by atoms with Crippen molar-refractivity contribution in [1.29, 1.82) is 0 Å². The van der Waals surface area contributed by atoms with Gasteiger partial charge >= 0.3 is 0 Å². The van der Waals surface area contributed by atoms with E-state index in [0.717, 1.165) is 36.1 Å². The van der Waals surface area contributed by atoms with Crippen LogP contribution in [0.3, 0.4) is 0 Å². The molecule has 100 valence electrons. The fraction of sp³-hybridized carbons (Fsp3) is 0.667. The summed E-state index contributed by atoms with van der Waals surface area (Å²) < 4.78 is 7.34. The van der Waals surface area contributed by atoms with Gasteiger partial charge in [-0.2, -0.15) is 5.10 Å². The van der Waals surface area contributed by atoms with E-state index in [4.69, 9.17) is 22.7 Å². The maximum atomic E-state index is 5.71. The highest BCUT2D eigenvalue weighted by Crippen LogP contribution is 2.28. The van der Waals surface area contributed by atoms with Crippen LogP contribution >= 0.6 is 12.2 Å². The topological polar surface area (TPSA) is 65.1 Å². The number of nitrogens with zero attached hydrogens (tertiary/aromatic N) is 2. The molecule has 1 aliphatic rings. The summed E-state index contributed by atoms with van der Waals surface area (Å²) in [6.45, 7) is 4.22. The molecule has 0 aliphatic heterocycles.